The lowest BCUT2D eigenvalue weighted by Gasteiger charge is -2.26. The summed E-state index contributed by atoms with van der Waals surface area (Å²) in [6, 6.07) is 6.44. The number of amides is 2. The van der Waals surface area contributed by atoms with Crippen LogP contribution in [0.3, 0.4) is 0 Å². The highest BCUT2D eigenvalue weighted by atomic mass is 19.1. The third-order valence-corrected chi connectivity index (χ3v) is 5.00. The van der Waals surface area contributed by atoms with Gasteiger partial charge in [-0.05, 0) is 37.5 Å². The summed E-state index contributed by atoms with van der Waals surface area (Å²) >= 11 is 0. The van der Waals surface area contributed by atoms with E-state index in [2.05, 4.69) is 27.1 Å². The van der Waals surface area contributed by atoms with E-state index in [0.29, 0.717) is 25.6 Å². The minimum atomic E-state index is -0.276. The van der Waals surface area contributed by atoms with Gasteiger partial charge in [-0.25, -0.2) is 14.2 Å². The molecule has 1 saturated carbocycles. The maximum Gasteiger partial charge on any atom is 0.315 e. The Kier molecular flexibility index (Phi) is 6.26. The molecule has 0 saturated heterocycles. The zero-order chi connectivity index (χ0) is 18.4. The van der Waals surface area contributed by atoms with Crippen LogP contribution < -0.4 is 10.6 Å². The fraction of sp³-hybridized carbons (Fsp3) is 0.500. The molecule has 1 heterocycles. The topological polar surface area (TPSA) is 59.0 Å². The van der Waals surface area contributed by atoms with Gasteiger partial charge in [0.25, 0.3) is 0 Å². The maximum atomic E-state index is 12.9. The number of carbonyl (C=O) groups excluding carboxylic acids is 1. The first kappa shape index (κ1) is 18.4. The summed E-state index contributed by atoms with van der Waals surface area (Å²) in [5.41, 5.74) is 2.07. The van der Waals surface area contributed by atoms with Crippen LogP contribution in [-0.4, -0.2) is 22.1 Å². The Morgan fingerprint density at radius 3 is 2.65 bits per heavy atom. The van der Waals surface area contributed by atoms with Crippen molar-refractivity contribution in [2.45, 2.75) is 58.0 Å². The molecule has 140 valence electrons. The van der Waals surface area contributed by atoms with E-state index in [-0.39, 0.29) is 11.8 Å². The van der Waals surface area contributed by atoms with Crippen LogP contribution in [-0.2, 0) is 13.0 Å². The van der Waals surface area contributed by atoms with Crippen LogP contribution >= 0.6 is 0 Å². The number of benzene rings is 1. The van der Waals surface area contributed by atoms with Crippen molar-refractivity contribution < 1.29 is 9.18 Å². The quantitative estimate of drug-likeness (QED) is 0.823. The summed E-state index contributed by atoms with van der Waals surface area (Å²) in [7, 11) is 0. The molecule has 0 spiro atoms. The molecule has 1 aliphatic rings. The van der Waals surface area contributed by atoms with Crippen LogP contribution in [0.15, 0.2) is 30.5 Å². The van der Waals surface area contributed by atoms with E-state index in [0.717, 1.165) is 11.4 Å². The van der Waals surface area contributed by atoms with Gasteiger partial charge in [-0.15, -0.1) is 0 Å². The minimum absolute atomic E-state index is 0.221. The third kappa shape index (κ3) is 4.84. The van der Waals surface area contributed by atoms with E-state index < -0.39 is 0 Å². The SMILES string of the molecule is Cc1cnc(CCNC(=O)NCc2ccc(F)cc2)n1C1CCCCC1. The minimum Gasteiger partial charge on any atom is -0.338 e. The smallest absolute Gasteiger partial charge is 0.315 e. The molecule has 26 heavy (non-hydrogen) atoms. The predicted octanol–water partition coefficient (Wildman–Crippen LogP) is 3.88. The molecule has 1 aliphatic carbocycles. The van der Waals surface area contributed by atoms with Crippen LogP contribution in [0.5, 0.6) is 0 Å². The number of hydrogen-bond acceptors (Lipinski definition) is 2. The average Bonchev–Trinajstić information content (AvgIpc) is 3.02. The van der Waals surface area contributed by atoms with Gasteiger partial charge >= 0.3 is 6.03 Å². The zero-order valence-electron chi connectivity index (χ0n) is 15.3. The first-order chi connectivity index (χ1) is 12.6. The van der Waals surface area contributed by atoms with Crippen molar-refractivity contribution in [3.8, 4) is 0 Å². The Labute approximate surface area is 154 Å². The second kappa shape index (κ2) is 8.83. The number of aromatic nitrogens is 2. The van der Waals surface area contributed by atoms with Crippen LogP contribution in [0.1, 0.15) is 55.2 Å². The lowest BCUT2D eigenvalue weighted by atomic mass is 9.95. The first-order valence-electron chi connectivity index (χ1n) is 9.42. The molecule has 6 heteroatoms. The maximum absolute atomic E-state index is 12.9. The number of urea groups is 1. The third-order valence-electron chi connectivity index (χ3n) is 5.00. The molecule has 2 aromatic rings. The average molecular weight is 358 g/mol. The Morgan fingerprint density at radius 1 is 1.19 bits per heavy atom. The summed E-state index contributed by atoms with van der Waals surface area (Å²) in [5, 5.41) is 5.66. The molecule has 1 fully saturated rings. The van der Waals surface area contributed by atoms with Gasteiger partial charge in [0.2, 0.25) is 0 Å². The molecule has 0 unspecified atom stereocenters. The number of carbonyl (C=O) groups is 1. The van der Waals surface area contributed by atoms with Crippen LogP contribution in [0, 0.1) is 12.7 Å². The second-order valence-electron chi connectivity index (χ2n) is 6.96. The lowest BCUT2D eigenvalue weighted by molar-refractivity contribution is 0.240. The predicted molar refractivity (Wildman–Crippen MR) is 99.4 cm³/mol. The molecule has 2 amide bonds. The summed E-state index contributed by atoms with van der Waals surface area (Å²) in [5.74, 6) is 0.773. The number of aryl methyl sites for hydroxylation is 1. The fourth-order valence-electron chi connectivity index (χ4n) is 3.65. The first-order valence-corrected chi connectivity index (χ1v) is 9.42. The van der Waals surface area contributed by atoms with E-state index in [4.69, 9.17) is 0 Å². The van der Waals surface area contributed by atoms with Gasteiger partial charge in [0, 0.05) is 37.4 Å². The monoisotopic (exact) mass is 358 g/mol. The summed E-state index contributed by atoms with van der Waals surface area (Å²) in [6.45, 7) is 3.02. The van der Waals surface area contributed by atoms with Gasteiger partial charge < -0.3 is 15.2 Å². The summed E-state index contributed by atoms with van der Waals surface area (Å²) in [6.07, 6.45) is 8.98. The van der Waals surface area contributed by atoms with Gasteiger partial charge in [0.1, 0.15) is 11.6 Å². The zero-order valence-corrected chi connectivity index (χ0v) is 15.3. The van der Waals surface area contributed by atoms with Gasteiger partial charge in [-0.1, -0.05) is 31.4 Å². The lowest BCUT2D eigenvalue weighted by Crippen LogP contribution is -2.36. The van der Waals surface area contributed by atoms with Gasteiger partial charge in [0.05, 0.1) is 0 Å². The summed E-state index contributed by atoms with van der Waals surface area (Å²) in [4.78, 5) is 16.5. The van der Waals surface area contributed by atoms with Crippen molar-refractivity contribution in [1.82, 2.24) is 20.2 Å². The van der Waals surface area contributed by atoms with Gasteiger partial charge in [0.15, 0.2) is 0 Å². The molecular weight excluding hydrogens is 331 g/mol. The number of rotatable bonds is 6. The largest absolute Gasteiger partial charge is 0.338 e. The highest BCUT2D eigenvalue weighted by Gasteiger charge is 2.19. The molecule has 0 radical (unpaired) electrons. The number of imidazole rings is 1. The van der Waals surface area contributed by atoms with Crippen molar-refractivity contribution in [2.75, 3.05) is 6.54 Å². The second-order valence-corrected chi connectivity index (χ2v) is 6.96. The number of nitrogens with one attached hydrogen (secondary N) is 2. The van der Waals surface area contributed by atoms with Crippen molar-refractivity contribution >= 4 is 6.03 Å². The molecule has 0 atom stereocenters. The standard InChI is InChI=1S/C20H27FN4O/c1-15-13-23-19(25(15)18-5-3-2-4-6-18)11-12-22-20(26)24-14-16-7-9-17(21)10-8-16/h7-10,13,18H,2-6,11-12,14H2,1H3,(H2,22,24,26). The Hall–Kier alpha value is -2.37. The van der Waals surface area contributed by atoms with Crippen molar-refractivity contribution in [3.05, 3.63) is 53.4 Å². The number of hydrogen-bond donors (Lipinski definition) is 2. The van der Waals surface area contributed by atoms with E-state index in [1.165, 1.54) is 49.9 Å². The highest BCUT2D eigenvalue weighted by Crippen LogP contribution is 2.30. The molecular formula is C20H27FN4O. The van der Waals surface area contributed by atoms with Crippen molar-refractivity contribution in [1.29, 1.82) is 0 Å². The Morgan fingerprint density at radius 2 is 1.92 bits per heavy atom. The molecule has 0 aliphatic heterocycles. The molecule has 2 N–H and O–H groups in total. The Bertz CT molecular complexity index is 720. The van der Waals surface area contributed by atoms with Gasteiger partial charge in [-0.2, -0.15) is 0 Å². The molecule has 5 nitrogen and oxygen atoms in total. The van der Waals surface area contributed by atoms with E-state index in [1.807, 2.05) is 6.20 Å². The van der Waals surface area contributed by atoms with E-state index in [9.17, 15) is 9.18 Å². The fourth-order valence-corrected chi connectivity index (χ4v) is 3.65. The van der Waals surface area contributed by atoms with Crippen LogP contribution in [0.4, 0.5) is 9.18 Å². The normalized spacial score (nSPS) is 15.0. The van der Waals surface area contributed by atoms with Crippen molar-refractivity contribution in [2.24, 2.45) is 0 Å². The van der Waals surface area contributed by atoms with Crippen molar-refractivity contribution in [3.63, 3.8) is 0 Å². The molecule has 1 aromatic heterocycles. The van der Waals surface area contributed by atoms with Gasteiger partial charge in [-0.3, -0.25) is 0 Å². The van der Waals surface area contributed by atoms with E-state index >= 15 is 0 Å². The molecule has 0 bridgehead atoms. The van der Waals surface area contributed by atoms with Crippen LogP contribution in [0.2, 0.25) is 0 Å². The number of nitrogens with zero attached hydrogens (tertiary/aromatic N) is 2. The summed E-state index contributed by atoms with van der Waals surface area (Å²) < 4.78 is 15.2. The molecule has 3 rings (SSSR count). The number of halogens is 1. The van der Waals surface area contributed by atoms with Crippen LogP contribution in [0.25, 0.3) is 0 Å². The Balaban J connectivity index is 1.45. The van der Waals surface area contributed by atoms with E-state index in [1.54, 1.807) is 12.1 Å². The molecule has 1 aromatic carbocycles. The highest BCUT2D eigenvalue weighted by molar-refractivity contribution is 5.73.